The van der Waals surface area contributed by atoms with Gasteiger partial charge in [-0.2, -0.15) is 0 Å². The molecular formula is C15H20N2O. The molecule has 0 saturated heterocycles. The normalized spacial score (nSPS) is 26.6. The van der Waals surface area contributed by atoms with E-state index in [9.17, 15) is 0 Å². The number of rotatable bonds is 1. The van der Waals surface area contributed by atoms with E-state index >= 15 is 0 Å². The molecule has 1 aromatic rings. The van der Waals surface area contributed by atoms with Crippen LogP contribution in [-0.4, -0.2) is 16.1 Å². The molecule has 0 spiro atoms. The van der Waals surface area contributed by atoms with Crippen LogP contribution < -0.4 is 4.74 Å². The number of fused-ring (bicyclic) bond motifs is 3. The van der Waals surface area contributed by atoms with Gasteiger partial charge in [0.1, 0.15) is 11.8 Å². The van der Waals surface area contributed by atoms with Gasteiger partial charge < -0.3 is 4.74 Å². The SMILES string of the molecule is C/C=C\c1nc2c(nc1C)OC1CCCCCC21. The highest BCUT2D eigenvalue weighted by molar-refractivity contribution is 5.49. The zero-order chi connectivity index (χ0) is 12.5. The molecule has 0 N–H and O–H groups in total. The second-order valence-corrected chi connectivity index (χ2v) is 5.29. The van der Waals surface area contributed by atoms with Crippen molar-refractivity contribution in [2.24, 2.45) is 0 Å². The van der Waals surface area contributed by atoms with Crippen LogP contribution in [0.3, 0.4) is 0 Å². The highest BCUT2D eigenvalue weighted by Crippen LogP contribution is 2.42. The summed E-state index contributed by atoms with van der Waals surface area (Å²) >= 11 is 0. The molecule has 0 amide bonds. The lowest BCUT2D eigenvalue weighted by Crippen LogP contribution is -2.17. The first-order valence-electron chi connectivity index (χ1n) is 6.97. The summed E-state index contributed by atoms with van der Waals surface area (Å²) < 4.78 is 6.01. The molecule has 1 saturated carbocycles. The topological polar surface area (TPSA) is 35.0 Å². The number of aromatic nitrogens is 2. The van der Waals surface area contributed by atoms with Gasteiger partial charge in [-0.25, -0.2) is 9.97 Å². The van der Waals surface area contributed by atoms with Crippen LogP contribution in [0.25, 0.3) is 6.08 Å². The number of allylic oxidation sites excluding steroid dienone is 1. The molecule has 0 aromatic carbocycles. The van der Waals surface area contributed by atoms with Gasteiger partial charge in [0.25, 0.3) is 0 Å². The van der Waals surface area contributed by atoms with Gasteiger partial charge in [0.2, 0.25) is 5.88 Å². The molecule has 1 aliphatic heterocycles. The van der Waals surface area contributed by atoms with E-state index in [1.54, 1.807) is 0 Å². The zero-order valence-corrected chi connectivity index (χ0v) is 11.1. The van der Waals surface area contributed by atoms with E-state index in [2.05, 4.69) is 4.98 Å². The lowest BCUT2D eigenvalue weighted by atomic mass is 9.96. The molecule has 1 aromatic heterocycles. The van der Waals surface area contributed by atoms with Crippen LogP contribution in [0, 0.1) is 6.92 Å². The van der Waals surface area contributed by atoms with E-state index in [1.807, 2.05) is 26.0 Å². The van der Waals surface area contributed by atoms with Crippen molar-refractivity contribution in [1.82, 2.24) is 9.97 Å². The molecule has 1 aliphatic carbocycles. The second kappa shape index (κ2) is 4.71. The summed E-state index contributed by atoms with van der Waals surface area (Å²) in [6.45, 7) is 4.01. The Morgan fingerprint density at radius 2 is 2.00 bits per heavy atom. The average molecular weight is 244 g/mol. The van der Waals surface area contributed by atoms with Gasteiger partial charge in [0.15, 0.2) is 0 Å². The van der Waals surface area contributed by atoms with Gasteiger partial charge in [-0.15, -0.1) is 0 Å². The van der Waals surface area contributed by atoms with Crippen LogP contribution in [-0.2, 0) is 0 Å². The highest BCUT2D eigenvalue weighted by atomic mass is 16.5. The number of hydrogen-bond donors (Lipinski definition) is 0. The summed E-state index contributed by atoms with van der Waals surface area (Å²) in [6, 6.07) is 0. The van der Waals surface area contributed by atoms with E-state index in [0.29, 0.717) is 12.0 Å². The largest absolute Gasteiger partial charge is 0.472 e. The van der Waals surface area contributed by atoms with Crippen molar-refractivity contribution in [2.45, 2.75) is 58.0 Å². The summed E-state index contributed by atoms with van der Waals surface area (Å²) in [5.74, 6) is 1.26. The molecule has 2 heterocycles. The first-order chi connectivity index (χ1) is 8.79. The van der Waals surface area contributed by atoms with Crippen LogP contribution in [0.1, 0.15) is 62.0 Å². The fourth-order valence-corrected chi connectivity index (χ4v) is 3.04. The van der Waals surface area contributed by atoms with E-state index in [1.165, 1.54) is 25.7 Å². The molecule has 3 rings (SSSR count). The molecule has 3 nitrogen and oxygen atoms in total. The molecule has 2 aliphatic rings. The van der Waals surface area contributed by atoms with Crippen molar-refractivity contribution in [3.63, 3.8) is 0 Å². The fourth-order valence-electron chi connectivity index (χ4n) is 3.04. The van der Waals surface area contributed by atoms with Gasteiger partial charge in [0, 0.05) is 5.92 Å². The minimum atomic E-state index is 0.322. The summed E-state index contributed by atoms with van der Waals surface area (Å²) in [7, 11) is 0. The summed E-state index contributed by atoms with van der Waals surface area (Å²) in [5, 5.41) is 0. The zero-order valence-electron chi connectivity index (χ0n) is 11.1. The highest BCUT2D eigenvalue weighted by Gasteiger charge is 2.37. The lowest BCUT2D eigenvalue weighted by molar-refractivity contribution is 0.190. The molecule has 0 radical (unpaired) electrons. The van der Waals surface area contributed by atoms with Crippen LogP contribution in [0.15, 0.2) is 6.08 Å². The Morgan fingerprint density at radius 1 is 1.17 bits per heavy atom. The molecular weight excluding hydrogens is 224 g/mol. The summed E-state index contributed by atoms with van der Waals surface area (Å²) in [5.41, 5.74) is 3.05. The third-order valence-corrected chi connectivity index (χ3v) is 3.99. The fraction of sp³-hybridized carbons (Fsp3) is 0.600. The number of aryl methyl sites for hydroxylation is 1. The molecule has 0 bridgehead atoms. The Balaban J connectivity index is 2.00. The predicted molar refractivity (Wildman–Crippen MR) is 71.7 cm³/mol. The van der Waals surface area contributed by atoms with Crippen molar-refractivity contribution >= 4 is 6.08 Å². The molecule has 2 unspecified atom stereocenters. The van der Waals surface area contributed by atoms with Crippen molar-refractivity contribution in [2.75, 3.05) is 0 Å². The van der Waals surface area contributed by atoms with Gasteiger partial charge in [-0.05, 0) is 39.2 Å². The number of nitrogens with zero attached hydrogens (tertiary/aromatic N) is 2. The maximum absolute atomic E-state index is 6.01. The first kappa shape index (κ1) is 11.7. The second-order valence-electron chi connectivity index (χ2n) is 5.29. The standard InChI is InChI=1S/C15H20N2O/c1-3-7-12-10(2)16-15-14(17-12)11-8-5-4-6-9-13(11)18-15/h3,7,11,13H,4-6,8-9H2,1-2H3/b7-3-. The minimum absolute atomic E-state index is 0.322. The monoisotopic (exact) mass is 244 g/mol. The maximum Gasteiger partial charge on any atom is 0.236 e. The molecule has 1 fully saturated rings. The molecule has 2 atom stereocenters. The average Bonchev–Trinajstić information content (AvgIpc) is 2.55. The van der Waals surface area contributed by atoms with Gasteiger partial charge in [-0.1, -0.05) is 18.9 Å². The van der Waals surface area contributed by atoms with Crippen molar-refractivity contribution in [1.29, 1.82) is 0 Å². The van der Waals surface area contributed by atoms with Gasteiger partial charge >= 0.3 is 0 Å². The minimum Gasteiger partial charge on any atom is -0.472 e. The van der Waals surface area contributed by atoms with Crippen LogP contribution in [0.2, 0.25) is 0 Å². The Bertz CT molecular complexity index is 482. The van der Waals surface area contributed by atoms with Crippen LogP contribution >= 0.6 is 0 Å². The van der Waals surface area contributed by atoms with E-state index in [-0.39, 0.29) is 0 Å². The molecule has 18 heavy (non-hydrogen) atoms. The lowest BCUT2D eigenvalue weighted by Gasteiger charge is -2.13. The van der Waals surface area contributed by atoms with Crippen molar-refractivity contribution < 1.29 is 4.74 Å². The Morgan fingerprint density at radius 3 is 2.83 bits per heavy atom. The third kappa shape index (κ3) is 1.92. The predicted octanol–water partition coefficient (Wildman–Crippen LogP) is 3.63. The Hall–Kier alpha value is -1.38. The van der Waals surface area contributed by atoms with E-state index < -0.39 is 0 Å². The van der Waals surface area contributed by atoms with Gasteiger partial charge in [0.05, 0.1) is 11.4 Å². The van der Waals surface area contributed by atoms with Crippen molar-refractivity contribution in [3.8, 4) is 5.88 Å². The number of ether oxygens (including phenoxy) is 1. The Kier molecular flexibility index (Phi) is 3.06. The Labute approximate surface area is 108 Å². The quantitative estimate of drug-likeness (QED) is 0.756. The van der Waals surface area contributed by atoms with Crippen LogP contribution in [0.4, 0.5) is 0 Å². The maximum atomic E-state index is 6.01. The first-order valence-corrected chi connectivity index (χ1v) is 6.97. The molecule has 96 valence electrons. The molecule has 3 heteroatoms. The van der Waals surface area contributed by atoms with Crippen LogP contribution in [0.5, 0.6) is 5.88 Å². The smallest absolute Gasteiger partial charge is 0.236 e. The van der Waals surface area contributed by atoms with Crippen molar-refractivity contribution in [3.05, 3.63) is 23.2 Å². The van der Waals surface area contributed by atoms with E-state index in [0.717, 1.165) is 29.4 Å². The van der Waals surface area contributed by atoms with E-state index in [4.69, 9.17) is 9.72 Å². The number of hydrogen-bond acceptors (Lipinski definition) is 3. The third-order valence-electron chi connectivity index (χ3n) is 3.99. The summed E-state index contributed by atoms with van der Waals surface area (Å²) in [6.07, 6.45) is 10.6. The summed E-state index contributed by atoms with van der Waals surface area (Å²) in [4.78, 5) is 9.39. The van der Waals surface area contributed by atoms with Gasteiger partial charge in [-0.3, -0.25) is 0 Å².